The molecule has 1 rings (SSSR count). The third-order valence-corrected chi connectivity index (χ3v) is 1.78. The van der Waals surface area contributed by atoms with Crippen LogP contribution >= 0.6 is 11.6 Å². The summed E-state index contributed by atoms with van der Waals surface area (Å²) in [4.78, 5) is 14.9. The van der Waals surface area contributed by atoms with E-state index in [0.717, 1.165) is 0 Å². The first kappa shape index (κ1) is 9.08. The lowest BCUT2D eigenvalue weighted by atomic mass is 10.1. The largest absolute Gasteiger partial charge is 0.480 e. The summed E-state index contributed by atoms with van der Waals surface area (Å²) in [5, 5.41) is 18.9. The van der Waals surface area contributed by atoms with Crippen molar-refractivity contribution < 1.29 is 19.6 Å². The predicted molar refractivity (Wildman–Crippen MR) is 39.6 cm³/mol. The van der Waals surface area contributed by atoms with E-state index < -0.39 is 18.1 Å². The smallest absolute Gasteiger partial charge is 0.321 e. The van der Waals surface area contributed by atoms with Crippen LogP contribution in [0.2, 0.25) is 0 Å². The van der Waals surface area contributed by atoms with Crippen LogP contribution in [0.1, 0.15) is 6.42 Å². The van der Waals surface area contributed by atoms with Crippen molar-refractivity contribution in [3.63, 3.8) is 0 Å². The van der Waals surface area contributed by atoms with Crippen molar-refractivity contribution in [3.8, 4) is 0 Å². The molecule has 0 radical (unpaired) electrons. The number of carbonyl (C=O) groups is 1. The molecular formula is C5H7ClN2O4. The monoisotopic (exact) mass is 194 g/mol. The third kappa shape index (κ3) is 1.59. The molecule has 0 bridgehead atoms. The number of halogens is 1. The van der Waals surface area contributed by atoms with Crippen molar-refractivity contribution in [1.82, 2.24) is 0 Å². The summed E-state index contributed by atoms with van der Waals surface area (Å²) < 4.78 is 0. The van der Waals surface area contributed by atoms with Crippen LogP contribution in [-0.2, 0) is 9.63 Å². The number of hydrogen-bond donors (Lipinski definition) is 2. The van der Waals surface area contributed by atoms with Gasteiger partial charge in [0.1, 0.15) is 12.1 Å². The van der Waals surface area contributed by atoms with E-state index in [9.17, 15) is 10.0 Å². The minimum Gasteiger partial charge on any atom is -0.480 e. The van der Waals surface area contributed by atoms with E-state index in [1.807, 2.05) is 0 Å². The minimum absolute atomic E-state index is 0.0402. The normalized spacial score (nSPS) is 25.3. The second kappa shape index (κ2) is 3.16. The summed E-state index contributed by atoms with van der Waals surface area (Å²) in [6, 6.07) is -1.22. The summed E-state index contributed by atoms with van der Waals surface area (Å²) in [5.41, 5.74) is 5.18. The van der Waals surface area contributed by atoms with E-state index in [1.165, 1.54) is 0 Å². The van der Waals surface area contributed by atoms with Gasteiger partial charge in [0.2, 0.25) is 0 Å². The van der Waals surface area contributed by atoms with Crippen LogP contribution in [0.25, 0.3) is 0 Å². The Labute approximate surface area is 72.7 Å². The quantitative estimate of drug-likeness (QED) is 0.564. The van der Waals surface area contributed by atoms with Gasteiger partial charge < -0.3 is 15.7 Å². The highest BCUT2D eigenvalue weighted by molar-refractivity contribution is 6.64. The molecule has 1 aliphatic rings. The van der Waals surface area contributed by atoms with E-state index in [4.69, 9.17) is 22.4 Å². The molecule has 0 aliphatic carbocycles. The molecule has 2 atom stereocenters. The zero-order valence-corrected chi connectivity index (χ0v) is 6.69. The first-order valence-electron chi connectivity index (χ1n) is 3.16. The maximum atomic E-state index is 10.6. The molecular weight excluding hydrogens is 188 g/mol. The second-order valence-electron chi connectivity index (χ2n) is 2.35. The molecule has 7 heteroatoms. The van der Waals surface area contributed by atoms with E-state index in [1.54, 1.807) is 0 Å². The second-order valence-corrected chi connectivity index (χ2v) is 2.78. The fraction of sp³-hybridized carbons (Fsp3) is 0.600. The fourth-order valence-corrected chi connectivity index (χ4v) is 1.00. The molecule has 1 heterocycles. The molecule has 0 saturated carbocycles. The Morgan fingerprint density at radius 2 is 2.58 bits per heavy atom. The Hall–Kier alpha value is -1.01. The van der Waals surface area contributed by atoms with Crippen LogP contribution in [-0.4, -0.2) is 33.3 Å². The highest BCUT2D eigenvalue weighted by Crippen LogP contribution is 2.14. The SMILES string of the molecule is N[C@@H](C(=O)O)[C@@H]1CC(Cl)=[N+]([O-])O1. The Bertz CT molecular complexity index is 228. The van der Waals surface area contributed by atoms with Gasteiger partial charge in [-0.3, -0.25) is 10.0 Å². The van der Waals surface area contributed by atoms with Gasteiger partial charge in [0.15, 0.2) is 0 Å². The number of carboxylic acid groups (broad SMARTS) is 1. The van der Waals surface area contributed by atoms with Crippen LogP contribution < -0.4 is 5.73 Å². The lowest BCUT2D eigenvalue weighted by Crippen LogP contribution is -2.42. The van der Waals surface area contributed by atoms with Gasteiger partial charge in [-0.15, -0.1) is 0 Å². The maximum absolute atomic E-state index is 10.6. The molecule has 0 fully saturated rings. The highest BCUT2D eigenvalue weighted by atomic mass is 35.5. The summed E-state index contributed by atoms with van der Waals surface area (Å²) in [5.74, 6) is -1.22. The van der Waals surface area contributed by atoms with E-state index >= 15 is 0 Å². The van der Waals surface area contributed by atoms with Crippen molar-refractivity contribution in [2.24, 2.45) is 5.73 Å². The zero-order chi connectivity index (χ0) is 9.30. The van der Waals surface area contributed by atoms with Gasteiger partial charge >= 0.3 is 11.1 Å². The molecule has 0 saturated heterocycles. The van der Waals surface area contributed by atoms with E-state index in [-0.39, 0.29) is 16.5 Å². The summed E-state index contributed by atoms with van der Waals surface area (Å²) >= 11 is 5.36. The van der Waals surface area contributed by atoms with Crippen molar-refractivity contribution in [3.05, 3.63) is 5.21 Å². The molecule has 0 amide bonds. The average molecular weight is 195 g/mol. The van der Waals surface area contributed by atoms with E-state index in [2.05, 4.69) is 4.84 Å². The van der Waals surface area contributed by atoms with Gasteiger partial charge in [-0.25, -0.2) is 0 Å². The number of carboxylic acids is 1. The van der Waals surface area contributed by atoms with Gasteiger partial charge in [0.05, 0.1) is 11.3 Å². The predicted octanol–water partition coefficient (Wildman–Crippen LogP) is -0.750. The van der Waals surface area contributed by atoms with Crippen LogP contribution in [0.5, 0.6) is 0 Å². The molecule has 0 aromatic rings. The summed E-state index contributed by atoms with van der Waals surface area (Å²) in [6.07, 6.45) is -0.828. The van der Waals surface area contributed by atoms with Crippen molar-refractivity contribution in [1.29, 1.82) is 0 Å². The Balaban J connectivity index is 2.57. The molecule has 0 aromatic heterocycles. The van der Waals surface area contributed by atoms with Crippen LogP contribution in [0.3, 0.4) is 0 Å². The third-order valence-electron chi connectivity index (χ3n) is 1.48. The number of nitrogens with zero attached hydrogens (tertiary/aromatic N) is 1. The Morgan fingerprint density at radius 3 is 2.92 bits per heavy atom. The number of nitrogens with two attached hydrogens (primary N) is 1. The topological polar surface area (TPSA) is 98.6 Å². The van der Waals surface area contributed by atoms with Crippen molar-refractivity contribution in [2.45, 2.75) is 18.6 Å². The van der Waals surface area contributed by atoms with Crippen LogP contribution in [0.15, 0.2) is 0 Å². The molecule has 68 valence electrons. The minimum atomic E-state index is -1.22. The molecule has 12 heavy (non-hydrogen) atoms. The van der Waals surface area contributed by atoms with Gasteiger partial charge in [-0.05, 0) is 11.6 Å². The fourth-order valence-electron chi connectivity index (χ4n) is 0.810. The van der Waals surface area contributed by atoms with Crippen molar-refractivity contribution >= 4 is 22.7 Å². The molecule has 0 unspecified atom stereocenters. The first-order chi connectivity index (χ1) is 5.52. The number of aliphatic carboxylic acids is 1. The highest BCUT2D eigenvalue weighted by Gasteiger charge is 2.34. The van der Waals surface area contributed by atoms with Crippen LogP contribution in [0, 0.1) is 5.21 Å². The van der Waals surface area contributed by atoms with Gasteiger partial charge in [-0.1, -0.05) is 0 Å². The molecule has 0 aromatic carbocycles. The van der Waals surface area contributed by atoms with Crippen molar-refractivity contribution in [2.75, 3.05) is 0 Å². The summed E-state index contributed by atoms with van der Waals surface area (Å²) in [6.45, 7) is 0. The number of hydrogen-bond acceptors (Lipinski definition) is 4. The molecule has 1 aliphatic heterocycles. The zero-order valence-electron chi connectivity index (χ0n) is 5.94. The summed E-state index contributed by atoms with van der Waals surface area (Å²) in [7, 11) is 0. The molecule has 3 N–H and O–H groups in total. The lowest BCUT2D eigenvalue weighted by Gasteiger charge is -2.14. The lowest BCUT2D eigenvalue weighted by molar-refractivity contribution is -0.739. The maximum Gasteiger partial charge on any atom is 0.321 e. The molecule has 6 nitrogen and oxygen atoms in total. The number of rotatable bonds is 2. The van der Waals surface area contributed by atoms with Crippen LogP contribution in [0.4, 0.5) is 0 Å². The van der Waals surface area contributed by atoms with Gasteiger partial charge in [0, 0.05) is 0 Å². The Morgan fingerprint density at radius 1 is 2.00 bits per heavy atom. The Kier molecular flexibility index (Phi) is 2.39. The molecule has 0 spiro atoms. The van der Waals surface area contributed by atoms with E-state index in [0.29, 0.717) is 0 Å². The average Bonchev–Trinajstić information content (AvgIpc) is 2.30. The first-order valence-corrected chi connectivity index (χ1v) is 3.54. The van der Waals surface area contributed by atoms with Gasteiger partial charge in [-0.2, -0.15) is 0 Å². The van der Waals surface area contributed by atoms with Gasteiger partial charge in [0.25, 0.3) is 0 Å². The standard InChI is InChI=1S/C5H7ClN2O4/c6-3-1-2(12-8(3)11)4(7)5(9)10/h2,4H,1,7H2,(H,9,10)/t2-,4+/m0/s1.